The largest absolute Gasteiger partial charge is 0.497 e. The Balaban J connectivity index is 2.16. The number of carbonyl (C=O) groups excluding carboxylic acids is 1. The van der Waals surface area contributed by atoms with Crippen molar-refractivity contribution >= 4 is 16.7 Å². The van der Waals surface area contributed by atoms with Crippen LogP contribution >= 0.6 is 0 Å². The Hall–Kier alpha value is -2.07. The lowest BCUT2D eigenvalue weighted by Crippen LogP contribution is -2.30. The number of methoxy groups -OCH3 is 2. The topological polar surface area (TPSA) is 47.6 Å². The molecule has 0 aliphatic rings. The molecule has 1 amide bonds. The van der Waals surface area contributed by atoms with Crippen LogP contribution in [0.4, 0.5) is 0 Å². The Morgan fingerprint density at radius 1 is 1.14 bits per heavy atom. The highest BCUT2D eigenvalue weighted by atomic mass is 16.5. The monoisotopic (exact) mass is 287 g/mol. The number of hydrogen-bond acceptors (Lipinski definition) is 3. The average Bonchev–Trinajstić information content (AvgIpc) is 2.53. The van der Waals surface area contributed by atoms with Gasteiger partial charge in [-0.25, -0.2) is 0 Å². The van der Waals surface area contributed by atoms with Crippen LogP contribution < -0.4 is 10.1 Å². The van der Waals surface area contributed by atoms with E-state index in [0.717, 1.165) is 22.1 Å². The molecular weight excluding hydrogens is 266 g/mol. The van der Waals surface area contributed by atoms with E-state index in [1.165, 1.54) is 0 Å². The van der Waals surface area contributed by atoms with Crippen molar-refractivity contribution in [3.8, 4) is 5.75 Å². The zero-order chi connectivity index (χ0) is 15.2. The SMILES string of the molecule is COCCNC(=O)[C@@H](C)c1ccc2cc(OC)ccc2c1. The fourth-order valence-corrected chi connectivity index (χ4v) is 2.22. The van der Waals surface area contributed by atoms with Crippen molar-refractivity contribution < 1.29 is 14.3 Å². The van der Waals surface area contributed by atoms with Crippen LogP contribution in [0.15, 0.2) is 36.4 Å². The maximum atomic E-state index is 12.1. The molecule has 0 saturated carbocycles. The zero-order valence-electron chi connectivity index (χ0n) is 12.7. The highest BCUT2D eigenvalue weighted by Crippen LogP contribution is 2.25. The normalized spacial score (nSPS) is 12.1. The third kappa shape index (κ3) is 3.73. The summed E-state index contributed by atoms with van der Waals surface area (Å²) in [4.78, 5) is 12.1. The van der Waals surface area contributed by atoms with Gasteiger partial charge >= 0.3 is 0 Å². The number of amides is 1. The molecule has 0 saturated heterocycles. The van der Waals surface area contributed by atoms with Gasteiger partial charge in [0.2, 0.25) is 5.91 Å². The number of benzene rings is 2. The molecule has 0 aromatic heterocycles. The van der Waals surface area contributed by atoms with Crippen LogP contribution in [-0.4, -0.2) is 33.3 Å². The van der Waals surface area contributed by atoms with Crippen LogP contribution in [0.25, 0.3) is 10.8 Å². The van der Waals surface area contributed by atoms with Crippen molar-refractivity contribution in [1.82, 2.24) is 5.32 Å². The fraction of sp³-hybridized carbons (Fsp3) is 0.353. The molecule has 112 valence electrons. The van der Waals surface area contributed by atoms with Gasteiger partial charge < -0.3 is 14.8 Å². The second-order valence-electron chi connectivity index (χ2n) is 4.98. The van der Waals surface area contributed by atoms with E-state index in [4.69, 9.17) is 9.47 Å². The lowest BCUT2D eigenvalue weighted by Gasteiger charge is -2.13. The van der Waals surface area contributed by atoms with Gasteiger partial charge in [-0.2, -0.15) is 0 Å². The number of carbonyl (C=O) groups is 1. The third-order valence-corrected chi connectivity index (χ3v) is 3.57. The first kappa shape index (κ1) is 15.3. The molecule has 4 nitrogen and oxygen atoms in total. The van der Waals surface area contributed by atoms with Gasteiger partial charge in [-0.05, 0) is 35.4 Å². The lowest BCUT2D eigenvalue weighted by molar-refractivity contribution is -0.122. The Labute approximate surface area is 125 Å². The summed E-state index contributed by atoms with van der Waals surface area (Å²) in [5.41, 5.74) is 1.00. The molecule has 21 heavy (non-hydrogen) atoms. The van der Waals surface area contributed by atoms with Crippen LogP contribution in [0.3, 0.4) is 0 Å². The van der Waals surface area contributed by atoms with Gasteiger partial charge in [0.05, 0.1) is 19.6 Å². The number of fused-ring (bicyclic) bond motifs is 1. The Bertz CT molecular complexity index is 624. The Morgan fingerprint density at radius 3 is 2.57 bits per heavy atom. The van der Waals surface area contributed by atoms with Crippen LogP contribution in [0.5, 0.6) is 5.75 Å². The molecular formula is C17H21NO3. The highest BCUT2D eigenvalue weighted by molar-refractivity contribution is 5.88. The van der Waals surface area contributed by atoms with Crippen LogP contribution in [0.2, 0.25) is 0 Å². The zero-order valence-corrected chi connectivity index (χ0v) is 12.7. The highest BCUT2D eigenvalue weighted by Gasteiger charge is 2.15. The molecule has 2 rings (SSSR count). The number of nitrogens with one attached hydrogen (secondary N) is 1. The summed E-state index contributed by atoms with van der Waals surface area (Å²) < 4.78 is 10.1. The van der Waals surface area contributed by atoms with Crippen LogP contribution in [0.1, 0.15) is 18.4 Å². The predicted molar refractivity (Wildman–Crippen MR) is 83.8 cm³/mol. The second-order valence-corrected chi connectivity index (χ2v) is 4.98. The Morgan fingerprint density at radius 2 is 1.86 bits per heavy atom. The van der Waals surface area contributed by atoms with Gasteiger partial charge in [0.15, 0.2) is 0 Å². The fourth-order valence-electron chi connectivity index (χ4n) is 2.22. The van der Waals surface area contributed by atoms with E-state index >= 15 is 0 Å². The molecule has 2 aromatic carbocycles. The summed E-state index contributed by atoms with van der Waals surface area (Å²) in [6, 6.07) is 12.0. The van der Waals surface area contributed by atoms with Gasteiger partial charge in [0.1, 0.15) is 5.75 Å². The molecule has 0 heterocycles. The molecule has 0 spiro atoms. The molecule has 0 unspecified atom stereocenters. The van der Waals surface area contributed by atoms with Crippen molar-refractivity contribution in [1.29, 1.82) is 0 Å². The van der Waals surface area contributed by atoms with Gasteiger partial charge in [-0.1, -0.05) is 24.3 Å². The first-order valence-corrected chi connectivity index (χ1v) is 7.00. The first-order valence-electron chi connectivity index (χ1n) is 7.00. The first-order chi connectivity index (χ1) is 10.2. The minimum atomic E-state index is -0.187. The molecule has 4 heteroatoms. The minimum absolute atomic E-state index is 0.0138. The van der Waals surface area contributed by atoms with Crippen molar-refractivity contribution in [3.63, 3.8) is 0 Å². The third-order valence-electron chi connectivity index (χ3n) is 3.57. The van der Waals surface area contributed by atoms with Gasteiger partial charge in [0, 0.05) is 13.7 Å². The maximum Gasteiger partial charge on any atom is 0.227 e. The molecule has 1 N–H and O–H groups in total. The molecule has 0 radical (unpaired) electrons. The van der Waals surface area contributed by atoms with Crippen molar-refractivity contribution in [3.05, 3.63) is 42.0 Å². The molecule has 0 aliphatic heterocycles. The molecule has 0 bridgehead atoms. The molecule has 0 fully saturated rings. The summed E-state index contributed by atoms with van der Waals surface area (Å²) in [5, 5.41) is 5.07. The number of hydrogen-bond donors (Lipinski definition) is 1. The smallest absolute Gasteiger partial charge is 0.227 e. The van der Waals surface area contributed by atoms with Crippen LogP contribution in [0, 0.1) is 0 Å². The van der Waals surface area contributed by atoms with E-state index in [9.17, 15) is 4.79 Å². The van der Waals surface area contributed by atoms with E-state index in [0.29, 0.717) is 13.2 Å². The van der Waals surface area contributed by atoms with Crippen molar-refractivity contribution in [2.24, 2.45) is 0 Å². The molecule has 0 aliphatic carbocycles. The van der Waals surface area contributed by atoms with Crippen LogP contribution in [-0.2, 0) is 9.53 Å². The van der Waals surface area contributed by atoms with E-state index in [1.807, 2.05) is 37.3 Å². The molecule has 1 atom stereocenters. The summed E-state index contributed by atoms with van der Waals surface area (Å²) in [5.74, 6) is 0.661. The standard InChI is InChI=1S/C17H21NO3/c1-12(17(19)18-8-9-20-2)13-4-5-15-11-16(21-3)7-6-14(15)10-13/h4-7,10-12H,8-9H2,1-3H3,(H,18,19)/t12-/m0/s1. The van der Waals surface area contributed by atoms with E-state index in [-0.39, 0.29) is 11.8 Å². The predicted octanol–water partition coefficient (Wildman–Crippen LogP) is 2.71. The van der Waals surface area contributed by atoms with Crippen molar-refractivity contribution in [2.75, 3.05) is 27.4 Å². The Kier molecular flexibility index (Phi) is 5.17. The summed E-state index contributed by atoms with van der Waals surface area (Å²) in [7, 11) is 3.27. The van der Waals surface area contributed by atoms with E-state index in [1.54, 1.807) is 14.2 Å². The number of ether oxygens (including phenoxy) is 2. The lowest BCUT2D eigenvalue weighted by atomic mass is 9.97. The van der Waals surface area contributed by atoms with Gasteiger partial charge in [0.25, 0.3) is 0 Å². The second kappa shape index (κ2) is 7.09. The minimum Gasteiger partial charge on any atom is -0.497 e. The van der Waals surface area contributed by atoms with E-state index in [2.05, 4.69) is 11.4 Å². The molecule has 2 aromatic rings. The summed E-state index contributed by atoms with van der Waals surface area (Å²) >= 11 is 0. The van der Waals surface area contributed by atoms with Gasteiger partial charge in [-0.15, -0.1) is 0 Å². The summed E-state index contributed by atoms with van der Waals surface area (Å²) in [6.45, 7) is 2.97. The van der Waals surface area contributed by atoms with Crippen molar-refractivity contribution in [2.45, 2.75) is 12.8 Å². The average molecular weight is 287 g/mol. The maximum absolute atomic E-state index is 12.1. The van der Waals surface area contributed by atoms with E-state index < -0.39 is 0 Å². The van der Waals surface area contributed by atoms with Gasteiger partial charge in [-0.3, -0.25) is 4.79 Å². The summed E-state index contributed by atoms with van der Waals surface area (Å²) in [6.07, 6.45) is 0. The number of rotatable bonds is 6. The quantitative estimate of drug-likeness (QED) is 0.831.